The molecule has 0 saturated carbocycles. The molecule has 0 spiro atoms. The topological polar surface area (TPSA) is 34.4 Å². The number of furan rings is 1. The highest BCUT2D eigenvalue weighted by Gasteiger charge is 2.07. The van der Waals surface area contributed by atoms with Crippen molar-refractivity contribution in [3.05, 3.63) is 87.8 Å². The Morgan fingerprint density at radius 3 is 2.36 bits per heavy atom. The SMILES string of the molecule is S=C(NCc1ccco1)c1ccc(OCc2c(Cl)cccc2Cl)cc1. The summed E-state index contributed by atoms with van der Waals surface area (Å²) in [4.78, 5) is 0.650. The molecule has 3 aromatic rings. The molecule has 128 valence electrons. The van der Waals surface area contributed by atoms with Crippen molar-refractivity contribution in [1.29, 1.82) is 0 Å². The lowest BCUT2D eigenvalue weighted by Gasteiger charge is -2.11. The van der Waals surface area contributed by atoms with Gasteiger partial charge in [-0.2, -0.15) is 0 Å². The minimum atomic E-state index is 0.305. The zero-order chi connectivity index (χ0) is 17.6. The van der Waals surface area contributed by atoms with E-state index in [0.29, 0.717) is 33.9 Å². The van der Waals surface area contributed by atoms with Crippen LogP contribution in [-0.4, -0.2) is 4.99 Å². The molecule has 0 fully saturated rings. The van der Waals surface area contributed by atoms with Crippen LogP contribution in [0.1, 0.15) is 16.9 Å². The number of halogens is 2. The first-order valence-electron chi connectivity index (χ1n) is 7.60. The van der Waals surface area contributed by atoms with Crippen LogP contribution in [0.25, 0.3) is 0 Å². The lowest BCUT2D eigenvalue weighted by Crippen LogP contribution is -2.21. The van der Waals surface area contributed by atoms with Crippen LogP contribution >= 0.6 is 35.4 Å². The molecular formula is C19H15Cl2NO2S. The number of rotatable bonds is 6. The second-order valence-corrected chi connectivity index (χ2v) is 6.50. The first-order valence-corrected chi connectivity index (χ1v) is 8.76. The molecule has 1 aromatic heterocycles. The van der Waals surface area contributed by atoms with Crippen molar-refractivity contribution >= 4 is 40.4 Å². The van der Waals surface area contributed by atoms with Crippen LogP contribution < -0.4 is 10.1 Å². The summed E-state index contributed by atoms with van der Waals surface area (Å²) >= 11 is 17.7. The zero-order valence-electron chi connectivity index (χ0n) is 13.2. The molecule has 1 N–H and O–H groups in total. The molecule has 2 aromatic carbocycles. The summed E-state index contributed by atoms with van der Waals surface area (Å²) in [5.74, 6) is 1.55. The van der Waals surface area contributed by atoms with E-state index in [9.17, 15) is 0 Å². The van der Waals surface area contributed by atoms with E-state index < -0.39 is 0 Å². The van der Waals surface area contributed by atoms with Gasteiger partial charge in [0.25, 0.3) is 0 Å². The van der Waals surface area contributed by atoms with Gasteiger partial charge >= 0.3 is 0 Å². The Balaban J connectivity index is 1.57. The summed E-state index contributed by atoms with van der Waals surface area (Å²) in [7, 11) is 0. The van der Waals surface area contributed by atoms with Crippen molar-refractivity contribution < 1.29 is 9.15 Å². The highest BCUT2D eigenvalue weighted by Crippen LogP contribution is 2.26. The Kier molecular flexibility index (Phi) is 5.97. The van der Waals surface area contributed by atoms with E-state index in [-0.39, 0.29) is 0 Å². The lowest BCUT2D eigenvalue weighted by molar-refractivity contribution is 0.306. The minimum Gasteiger partial charge on any atom is -0.489 e. The molecule has 0 atom stereocenters. The molecular weight excluding hydrogens is 377 g/mol. The Morgan fingerprint density at radius 1 is 1.00 bits per heavy atom. The summed E-state index contributed by atoms with van der Waals surface area (Å²) in [6.45, 7) is 0.855. The van der Waals surface area contributed by atoms with Crippen LogP contribution in [0.2, 0.25) is 10.0 Å². The fraction of sp³-hybridized carbons (Fsp3) is 0.105. The summed E-state index contributed by atoms with van der Waals surface area (Å²) < 4.78 is 11.0. The summed E-state index contributed by atoms with van der Waals surface area (Å²) in [6, 6.07) is 16.7. The second-order valence-electron chi connectivity index (χ2n) is 5.28. The third kappa shape index (κ3) is 4.75. The van der Waals surface area contributed by atoms with Crippen LogP contribution in [-0.2, 0) is 13.2 Å². The lowest BCUT2D eigenvalue weighted by atomic mass is 10.2. The number of nitrogens with one attached hydrogen (secondary N) is 1. The van der Waals surface area contributed by atoms with Gasteiger partial charge in [-0.15, -0.1) is 0 Å². The van der Waals surface area contributed by atoms with Crippen LogP contribution in [0.5, 0.6) is 5.75 Å². The highest BCUT2D eigenvalue weighted by molar-refractivity contribution is 7.80. The van der Waals surface area contributed by atoms with Gasteiger partial charge in [0.15, 0.2) is 0 Å². The molecule has 0 amide bonds. The number of hydrogen-bond acceptors (Lipinski definition) is 3. The van der Waals surface area contributed by atoms with Crippen molar-refractivity contribution in [3.63, 3.8) is 0 Å². The van der Waals surface area contributed by atoms with Crippen LogP contribution in [0.3, 0.4) is 0 Å². The number of ether oxygens (including phenoxy) is 1. The quantitative estimate of drug-likeness (QED) is 0.552. The summed E-state index contributed by atoms with van der Waals surface area (Å²) in [6.07, 6.45) is 1.64. The molecule has 1 heterocycles. The zero-order valence-corrected chi connectivity index (χ0v) is 15.5. The van der Waals surface area contributed by atoms with Crippen molar-refractivity contribution in [2.45, 2.75) is 13.2 Å². The fourth-order valence-electron chi connectivity index (χ4n) is 2.21. The monoisotopic (exact) mass is 391 g/mol. The van der Waals surface area contributed by atoms with Crippen molar-refractivity contribution in [2.75, 3.05) is 0 Å². The first kappa shape index (κ1) is 17.8. The fourth-order valence-corrected chi connectivity index (χ4v) is 2.93. The van der Waals surface area contributed by atoms with E-state index in [1.807, 2.05) is 36.4 Å². The largest absolute Gasteiger partial charge is 0.489 e. The van der Waals surface area contributed by atoms with Crippen molar-refractivity contribution in [3.8, 4) is 5.75 Å². The standard InChI is InChI=1S/C19H15Cl2NO2S/c20-17-4-1-5-18(21)16(17)12-24-14-8-6-13(7-9-14)19(25)22-11-15-3-2-10-23-15/h1-10H,11-12H2,(H,22,25). The van der Waals surface area contributed by atoms with Gasteiger partial charge in [-0.1, -0.05) is 41.5 Å². The van der Waals surface area contributed by atoms with Crippen LogP contribution in [0, 0.1) is 0 Å². The van der Waals surface area contributed by atoms with Crippen molar-refractivity contribution in [1.82, 2.24) is 5.32 Å². The van der Waals surface area contributed by atoms with E-state index in [2.05, 4.69) is 5.32 Å². The maximum atomic E-state index is 6.14. The second kappa shape index (κ2) is 8.39. The molecule has 6 heteroatoms. The summed E-state index contributed by atoms with van der Waals surface area (Å²) in [5, 5.41) is 4.34. The van der Waals surface area contributed by atoms with Gasteiger partial charge in [0.05, 0.1) is 12.8 Å². The van der Waals surface area contributed by atoms with E-state index in [4.69, 9.17) is 44.6 Å². The summed E-state index contributed by atoms with van der Waals surface area (Å²) in [5.41, 5.74) is 1.68. The van der Waals surface area contributed by atoms with E-state index in [0.717, 1.165) is 16.9 Å². The molecule has 0 unspecified atom stereocenters. The number of thiocarbonyl (C=S) groups is 1. The van der Waals surface area contributed by atoms with Crippen LogP contribution in [0.4, 0.5) is 0 Å². The third-order valence-electron chi connectivity index (χ3n) is 3.56. The van der Waals surface area contributed by atoms with E-state index >= 15 is 0 Å². The van der Waals surface area contributed by atoms with E-state index in [1.54, 1.807) is 24.5 Å². The molecule has 25 heavy (non-hydrogen) atoms. The maximum Gasteiger partial charge on any atom is 0.122 e. The van der Waals surface area contributed by atoms with Crippen molar-refractivity contribution in [2.24, 2.45) is 0 Å². The van der Waals surface area contributed by atoms with Gasteiger partial charge in [0.2, 0.25) is 0 Å². The molecule has 0 bridgehead atoms. The van der Waals surface area contributed by atoms with Gasteiger partial charge in [-0.05, 0) is 48.5 Å². The Hall–Kier alpha value is -2.01. The predicted octanol–water partition coefficient (Wildman–Crippen LogP) is 5.63. The minimum absolute atomic E-state index is 0.305. The van der Waals surface area contributed by atoms with Crippen LogP contribution in [0.15, 0.2) is 65.3 Å². The maximum absolute atomic E-state index is 6.14. The number of hydrogen-bond donors (Lipinski definition) is 1. The molecule has 3 rings (SSSR count). The van der Waals surface area contributed by atoms with Gasteiger partial charge in [0.1, 0.15) is 23.1 Å². The predicted molar refractivity (Wildman–Crippen MR) is 104 cm³/mol. The third-order valence-corrected chi connectivity index (χ3v) is 4.65. The first-order chi connectivity index (χ1) is 12.1. The van der Waals surface area contributed by atoms with Gasteiger partial charge in [-0.3, -0.25) is 0 Å². The Labute approximate surface area is 161 Å². The van der Waals surface area contributed by atoms with Gasteiger partial charge < -0.3 is 14.5 Å². The molecule has 0 radical (unpaired) electrons. The van der Waals surface area contributed by atoms with Gasteiger partial charge in [-0.25, -0.2) is 0 Å². The average molecular weight is 392 g/mol. The molecule has 3 nitrogen and oxygen atoms in total. The molecule has 0 aliphatic heterocycles. The number of benzene rings is 2. The van der Waals surface area contributed by atoms with E-state index in [1.165, 1.54) is 0 Å². The molecule has 0 aliphatic rings. The Bertz CT molecular complexity index is 828. The Morgan fingerprint density at radius 2 is 1.72 bits per heavy atom. The smallest absolute Gasteiger partial charge is 0.122 e. The normalized spacial score (nSPS) is 10.5. The average Bonchev–Trinajstić information content (AvgIpc) is 3.13. The molecule has 0 saturated heterocycles. The highest BCUT2D eigenvalue weighted by atomic mass is 35.5. The molecule has 0 aliphatic carbocycles. The van der Waals surface area contributed by atoms with Gasteiger partial charge in [0, 0.05) is 21.2 Å².